The van der Waals surface area contributed by atoms with E-state index in [2.05, 4.69) is 0 Å². The molecule has 0 heterocycles. The van der Waals surface area contributed by atoms with Crippen LogP contribution in [0.4, 0.5) is 0 Å². The second-order valence-corrected chi connectivity index (χ2v) is 2.57. The quantitative estimate of drug-likeness (QED) is 0.570. The molecule has 1 rings (SSSR count). The molecule has 0 aliphatic heterocycles. The Morgan fingerprint density at radius 1 is 1.40 bits per heavy atom. The van der Waals surface area contributed by atoms with Gasteiger partial charge in [0.2, 0.25) is 0 Å². The zero-order valence-corrected chi connectivity index (χ0v) is 6.87. The lowest BCUT2D eigenvalue weighted by Gasteiger charge is -2.10. The van der Waals surface area contributed by atoms with Gasteiger partial charge in [0.15, 0.2) is 0 Å². The SMILES string of the molecule is COc1ccc([S-])c(C)c1. The molecule has 0 saturated carbocycles. The molecule has 1 aromatic rings. The second-order valence-electron chi connectivity index (χ2n) is 2.13. The van der Waals surface area contributed by atoms with Crippen molar-refractivity contribution in [1.29, 1.82) is 0 Å². The van der Waals surface area contributed by atoms with Crippen molar-refractivity contribution in [3.63, 3.8) is 0 Å². The Morgan fingerprint density at radius 3 is 2.60 bits per heavy atom. The molecule has 0 saturated heterocycles. The maximum atomic E-state index is 5.01. The predicted octanol–water partition coefficient (Wildman–Crippen LogP) is 1.91. The number of methoxy groups -OCH3 is 1. The average Bonchev–Trinajstić information content (AvgIpc) is 1.95. The average molecular weight is 153 g/mol. The van der Waals surface area contributed by atoms with E-state index in [1.165, 1.54) is 0 Å². The summed E-state index contributed by atoms with van der Waals surface area (Å²) in [6.07, 6.45) is 0. The summed E-state index contributed by atoms with van der Waals surface area (Å²) < 4.78 is 5.00. The van der Waals surface area contributed by atoms with Crippen molar-refractivity contribution in [1.82, 2.24) is 0 Å². The van der Waals surface area contributed by atoms with Crippen molar-refractivity contribution < 1.29 is 4.74 Å². The van der Waals surface area contributed by atoms with Crippen LogP contribution in [-0.4, -0.2) is 7.11 Å². The number of ether oxygens (including phenoxy) is 1. The number of rotatable bonds is 1. The fourth-order valence-electron chi connectivity index (χ4n) is 0.749. The molecule has 1 nitrogen and oxygen atoms in total. The van der Waals surface area contributed by atoms with E-state index in [-0.39, 0.29) is 0 Å². The number of hydrogen-bond acceptors (Lipinski definition) is 2. The van der Waals surface area contributed by atoms with Gasteiger partial charge in [-0.3, -0.25) is 0 Å². The maximum Gasteiger partial charge on any atom is 0.119 e. The molecule has 0 amide bonds. The fraction of sp³-hybridized carbons (Fsp3) is 0.250. The molecule has 0 fully saturated rings. The summed E-state index contributed by atoms with van der Waals surface area (Å²) in [4.78, 5) is 0.890. The van der Waals surface area contributed by atoms with E-state index in [1.807, 2.05) is 25.1 Å². The highest BCUT2D eigenvalue weighted by Gasteiger charge is 1.88. The Labute approximate surface area is 66.4 Å². The van der Waals surface area contributed by atoms with Gasteiger partial charge in [0.1, 0.15) is 5.75 Å². The van der Waals surface area contributed by atoms with Crippen LogP contribution < -0.4 is 4.74 Å². The van der Waals surface area contributed by atoms with Crippen molar-refractivity contribution in [3.05, 3.63) is 23.8 Å². The molecule has 0 N–H and O–H groups in total. The van der Waals surface area contributed by atoms with Crippen molar-refractivity contribution in [2.75, 3.05) is 7.11 Å². The number of benzene rings is 1. The topological polar surface area (TPSA) is 9.23 Å². The van der Waals surface area contributed by atoms with E-state index in [0.717, 1.165) is 16.2 Å². The third-order valence-corrected chi connectivity index (χ3v) is 1.84. The summed E-state index contributed by atoms with van der Waals surface area (Å²) in [6, 6.07) is 5.68. The number of hydrogen-bond donors (Lipinski definition) is 0. The zero-order valence-electron chi connectivity index (χ0n) is 6.05. The first-order chi connectivity index (χ1) is 4.74. The van der Waals surface area contributed by atoms with Crippen LogP contribution in [0, 0.1) is 6.92 Å². The molecular weight excluding hydrogens is 144 g/mol. The van der Waals surface area contributed by atoms with E-state index < -0.39 is 0 Å². The Bertz CT molecular complexity index is 233. The van der Waals surface area contributed by atoms with Gasteiger partial charge in [-0.25, -0.2) is 0 Å². The van der Waals surface area contributed by atoms with Gasteiger partial charge in [0.25, 0.3) is 0 Å². The van der Waals surface area contributed by atoms with Gasteiger partial charge in [-0.1, -0.05) is 11.6 Å². The molecule has 0 aliphatic rings. The summed E-state index contributed by atoms with van der Waals surface area (Å²) in [6.45, 7) is 1.98. The van der Waals surface area contributed by atoms with E-state index in [9.17, 15) is 0 Å². The molecule has 0 atom stereocenters. The summed E-state index contributed by atoms with van der Waals surface area (Å²) in [5.41, 5.74) is 1.09. The van der Waals surface area contributed by atoms with E-state index in [0.29, 0.717) is 0 Å². The standard InChI is InChI=1S/C8H10OS/c1-6-5-7(9-2)3-4-8(6)10/h3-5,10H,1-2H3/p-1. The van der Waals surface area contributed by atoms with Gasteiger partial charge in [-0.15, -0.1) is 0 Å². The minimum Gasteiger partial charge on any atom is -0.779 e. The smallest absolute Gasteiger partial charge is 0.119 e. The minimum absolute atomic E-state index is 0.867. The van der Waals surface area contributed by atoms with Crippen LogP contribution in [0.25, 0.3) is 0 Å². The summed E-state index contributed by atoms with van der Waals surface area (Å²) in [5.74, 6) is 0.867. The molecule has 0 bridgehead atoms. The molecule has 0 aromatic heterocycles. The highest BCUT2D eigenvalue weighted by Crippen LogP contribution is 2.15. The summed E-state index contributed by atoms with van der Waals surface area (Å²) >= 11 is 5.01. The highest BCUT2D eigenvalue weighted by atomic mass is 32.1. The summed E-state index contributed by atoms with van der Waals surface area (Å²) in [7, 11) is 1.65. The van der Waals surface area contributed by atoms with Crippen LogP contribution in [0.2, 0.25) is 0 Å². The van der Waals surface area contributed by atoms with Crippen LogP contribution in [0.5, 0.6) is 5.75 Å². The van der Waals surface area contributed by atoms with Crippen molar-refractivity contribution in [2.45, 2.75) is 11.8 Å². The Hall–Kier alpha value is -0.760. The molecule has 0 radical (unpaired) electrons. The highest BCUT2D eigenvalue weighted by molar-refractivity contribution is 7.58. The van der Waals surface area contributed by atoms with Gasteiger partial charge in [0.05, 0.1) is 7.11 Å². The third kappa shape index (κ3) is 1.39. The maximum absolute atomic E-state index is 5.01. The van der Waals surface area contributed by atoms with Crippen molar-refractivity contribution in [3.8, 4) is 5.75 Å². The lowest BCUT2D eigenvalue weighted by Crippen LogP contribution is -1.84. The molecule has 2 heteroatoms. The molecular formula is C8H9OS-. The lowest BCUT2D eigenvalue weighted by atomic mass is 10.2. The van der Waals surface area contributed by atoms with Crippen molar-refractivity contribution >= 4 is 12.6 Å². The molecule has 10 heavy (non-hydrogen) atoms. The van der Waals surface area contributed by atoms with Crippen LogP contribution in [0.3, 0.4) is 0 Å². The molecule has 0 spiro atoms. The lowest BCUT2D eigenvalue weighted by molar-refractivity contribution is 0.414. The van der Waals surface area contributed by atoms with Crippen LogP contribution in [-0.2, 0) is 12.6 Å². The van der Waals surface area contributed by atoms with Crippen LogP contribution >= 0.6 is 0 Å². The van der Waals surface area contributed by atoms with E-state index in [4.69, 9.17) is 17.4 Å². The van der Waals surface area contributed by atoms with Gasteiger partial charge in [0, 0.05) is 0 Å². The normalized spacial score (nSPS) is 9.40. The van der Waals surface area contributed by atoms with Gasteiger partial charge in [-0.05, 0) is 19.1 Å². The Kier molecular flexibility index (Phi) is 2.12. The number of aryl methyl sites for hydroxylation is 1. The first kappa shape index (κ1) is 7.35. The van der Waals surface area contributed by atoms with Crippen molar-refractivity contribution in [2.24, 2.45) is 0 Å². The monoisotopic (exact) mass is 153 g/mol. The predicted molar refractivity (Wildman–Crippen MR) is 43.4 cm³/mol. The largest absolute Gasteiger partial charge is 0.779 e. The molecule has 1 aromatic carbocycles. The van der Waals surface area contributed by atoms with Gasteiger partial charge < -0.3 is 17.4 Å². The van der Waals surface area contributed by atoms with E-state index >= 15 is 0 Å². The van der Waals surface area contributed by atoms with Crippen LogP contribution in [0.15, 0.2) is 23.1 Å². The van der Waals surface area contributed by atoms with Gasteiger partial charge in [-0.2, -0.15) is 4.90 Å². The first-order valence-corrected chi connectivity index (χ1v) is 3.46. The molecule has 54 valence electrons. The second kappa shape index (κ2) is 2.88. The third-order valence-electron chi connectivity index (χ3n) is 1.38. The fourth-order valence-corrected chi connectivity index (χ4v) is 0.876. The Morgan fingerprint density at radius 2 is 2.10 bits per heavy atom. The molecule has 0 unspecified atom stereocenters. The van der Waals surface area contributed by atoms with Crippen LogP contribution in [0.1, 0.15) is 5.56 Å². The van der Waals surface area contributed by atoms with E-state index in [1.54, 1.807) is 7.11 Å². The van der Waals surface area contributed by atoms with Gasteiger partial charge >= 0.3 is 0 Å². The summed E-state index contributed by atoms with van der Waals surface area (Å²) in [5, 5.41) is 0. The zero-order chi connectivity index (χ0) is 7.56. The first-order valence-electron chi connectivity index (χ1n) is 3.05. The Balaban J connectivity index is 3.04. The molecule has 0 aliphatic carbocycles. The minimum atomic E-state index is 0.867.